The zero-order chi connectivity index (χ0) is 20.1. The van der Waals surface area contributed by atoms with Gasteiger partial charge in [0.25, 0.3) is 0 Å². The maximum Gasteiger partial charge on any atom is 0.405 e. The molecular weight excluding hydrogens is 366 g/mol. The Balaban J connectivity index is 1.56. The summed E-state index contributed by atoms with van der Waals surface area (Å²) in [5.41, 5.74) is 2.19. The number of benzene rings is 3. The van der Waals surface area contributed by atoms with E-state index < -0.39 is 12.1 Å². The molecule has 7 nitrogen and oxygen atoms in total. The van der Waals surface area contributed by atoms with Gasteiger partial charge < -0.3 is 10.4 Å². The van der Waals surface area contributed by atoms with Crippen molar-refractivity contribution in [1.82, 2.24) is 25.5 Å². The van der Waals surface area contributed by atoms with E-state index in [4.69, 9.17) is 0 Å². The first-order valence-corrected chi connectivity index (χ1v) is 9.46. The molecule has 0 aliphatic heterocycles. The van der Waals surface area contributed by atoms with Gasteiger partial charge in [0, 0.05) is 13.0 Å². The number of aryl methyl sites for hydroxylation is 2. The van der Waals surface area contributed by atoms with Crippen LogP contribution in [-0.2, 0) is 19.4 Å². The fourth-order valence-corrected chi connectivity index (χ4v) is 3.46. The molecule has 2 N–H and O–H groups in total. The summed E-state index contributed by atoms with van der Waals surface area (Å²) in [5, 5.41) is 26.1. The maximum absolute atomic E-state index is 11.4. The van der Waals surface area contributed by atoms with Gasteiger partial charge in [-0.1, -0.05) is 72.8 Å². The van der Waals surface area contributed by atoms with Crippen LogP contribution in [0.5, 0.6) is 0 Å². The highest BCUT2D eigenvalue weighted by atomic mass is 16.4. The summed E-state index contributed by atoms with van der Waals surface area (Å²) >= 11 is 0. The molecule has 0 aliphatic rings. The number of tetrazole rings is 1. The van der Waals surface area contributed by atoms with Crippen LogP contribution in [-0.4, -0.2) is 31.4 Å². The van der Waals surface area contributed by atoms with Crippen molar-refractivity contribution in [2.45, 2.75) is 25.4 Å². The Hall–Kier alpha value is -3.74. The van der Waals surface area contributed by atoms with Crippen molar-refractivity contribution in [1.29, 1.82) is 0 Å². The molecule has 0 spiro atoms. The predicted molar refractivity (Wildman–Crippen MR) is 110 cm³/mol. The molecule has 0 saturated heterocycles. The lowest BCUT2D eigenvalue weighted by atomic mass is 10.0. The number of aromatic nitrogens is 4. The quantitative estimate of drug-likeness (QED) is 0.505. The SMILES string of the molecule is O=C(O)N[C@H](Cc1ccc2ccccc2c1)c1nnnn1CCc1ccccc1. The van der Waals surface area contributed by atoms with Crippen molar-refractivity contribution in [2.75, 3.05) is 0 Å². The van der Waals surface area contributed by atoms with Gasteiger partial charge in [-0.05, 0) is 38.7 Å². The normalized spacial score (nSPS) is 12.0. The van der Waals surface area contributed by atoms with Crippen LogP contribution < -0.4 is 5.32 Å². The van der Waals surface area contributed by atoms with Crippen LogP contribution >= 0.6 is 0 Å². The Morgan fingerprint density at radius 2 is 1.72 bits per heavy atom. The lowest BCUT2D eigenvalue weighted by molar-refractivity contribution is 0.188. The minimum Gasteiger partial charge on any atom is -0.465 e. The van der Waals surface area contributed by atoms with Crippen molar-refractivity contribution >= 4 is 16.9 Å². The molecule has 1 atom stereocenters. The Labute approximate surface area is 168 Å². The number of carbonyl (C=O) groups is 1. The highest BCUT2D eigenvalue weighted by molar-refractivity contribution is 5.83. The molecule has 0 aliphatic carbocycles. The molecule has 29 heavy (non-hydrogen) atoms. The van der Waals surface area contributed by atoms with Gasteiger partial charge in [0.15, 0.2) is 5.82 Å². The third-order valence-corrected chi connectivity index (χ3v) is 4.88. The standard InChI is InChI=1S/C22H21N5O2/c28-22(29)23-20(15-17-10-11-18-8-4-5-9-19(18)14-17)21-24-25-26-27(21)13-12-16-6-2-1-3-7-16/h1-11,14,20,23H,12-13,15H2,(H,28,29)/t20-/m1/s1. The van der Waals surface area contributed by atoms with Crippen LogP contribution in [0.3, 0.4) is 0 Å². The van der Waals surface area contributed by atoms with E-state index in [2.05, 4.69) is 33.0 Å². The Bertz CT molecular complexity index is 1110. The lowest BCUT2D eigenvalue weighted by Crippen LogP contribution is -2.31. The van der Waals surface area contributed by atoms with Gasteiger partial charge in [0.2, 0.25) is 0 Å². The monoisotopic (exact) mass is 387 g/mol. The van der Waals surface area contributed by atoms with Crippen LogP contribution in [0.15, 0.2) is 72.8 Å². The zero-order valence-corrected chi connectivity index (χ0v) is 15.8. The third-order valence-electron chi connectivity index (χ3n) is 4.88. The molecule has 1 heterocycles. The maximum atomic E-state index is 11.4. The first kappa shape index (κ1) is 18.6. The van der Waals surface area contributed by atoms with E-state index in [0.717, 1.165) is 22.8 Å². The van der Waals surface area contributed by atoms with E-state index in [1.807, 2.05) is 60.7 Å². The molecule has 0 fully saturated rings. The minimum atomic E-state index is -1.10. The van der Waals surface area contributed by atoms with Gasteiger partial charge in [-0.25, -0.2) is 9.48 Å². The second-order valence-corrected chi connectivity index (χ2v) is 6.88. The smallest absolute Gasteiger partial charge is 0.405 e. The van der Waals surface area contributed by atoms with Crippen LogP contribution in [0.2, 0.25) is 0 Å². The van der Waals surface area contributed by atoms with E-state index in [0.29, 0.717) is 18.8 Å². The van der Waals surface area contributed by atoms with Crippen molar-refractivity contribution in [2.24, 2.45) is 0 Å². The molecule has 4 aromatic rings. The van der Waals surface area contributed by atoms with E-state index in [9.17, 15) is 9.90 Å². The molecule has 3 aromatic carbocycles. The molecule has 7 heteroatoms. The summed E-state index contributed by atoms with van der Waals surface area (Å²) in [6.07, 6.45) is 0.116. The summed E-state index contributed by atoms with van der Waals surface area (Å²) in [5.74, 6) is 0.511. The van der Waals surface area contributed by atoms with Gasteiger partial charge in [0.1, 0.15) is 0 Å². The predicted octanol–water partition coefficient (Wildman–Crippen LogP) is 3.62. The van der Waals surface area contributed by atoms with Crippen molar-refractivity contribution in [3.8, 4) is 0 Å². The van der Waals surface area contributed by atoms with Gasteiger partial charge in [-0.2, -0.15) is 0 Å². The van der Waals surface area contributed by atoms with E-state index in [1.54, 1.807) is 4.68 Å². The summed E-state index contributed by atoms with van der Waals surface area (Å²) in [6.45, 7) is 0.571. The molecule has 1 aromatic heterocycles. The fourth-order valence-electron chi connectivity index (χ4n) is 3.46. The van der Waals surface area contributed by atoms with Crippen LogP contribution in [0.25, 0.3) is 10.8 Å². The van der Waals surface area contributed by atoms with E-state index in [1.165, 1.54) is 5.56 Å². The molecule has 146 valence electrons. The second-order valence-electron chi connectivity index (χ2n) is 6.88. The fraction of sp³-hybridized carbons (Fsp3) is 0.182. The third kappa shape index (κ3) is 4.57. The van der Waals surface area contributed by atoms with Crippen LogP contribution in [0.4, 0.5) is 4.79 Å². The van der Waals surface area contributed by atoms with Gasteiger partial charge >= 0.3 is 6.09 Å². The van der Waals surface area contributed by atoms with E-state index in [-0.39, 0.29) is 0 Å². The number of rotatable bonds is 7. The number of nitrogens with zero attached hydrogens (tertiary/aromatic N) is 4. The molecule has 4 rings (SSSR count). The van der Waals surface area contributed by atoms with Crippen molar-refractivity contribution in [3.63, 3.8) is 0 Å². The summed E-state index contributed by atoms with van der Waals surface area (Å²) in [7, 11) is 0. The second kappa shape index (κ2) is 8.52. The largest absolute Gasteiger partial charge is 0.465 e. The molecule has 1 amide bonds. The highest BCUT2D eigenvalue weighted by Crippen LogP contribution is 2.21. The molecule has 0 unspecified atom stereocenters. The molecule has 0 saturated carbocycles. The van der Waals surface area contributed by atoms with E-state index >= 15 is 0 Å². The number of carboxylic acid groups (broad SMARTS) is 1. The number of hydrogen-bond donors (Lipinski definition) is 2. The average molecular weight is 387 g/mol. The van der Waals surface area contributed by atoms with Gasteiger partial charge in [-0.3, -0.25) is 0 Å². The van der Waals surface area contributed by atoms with Gasteiger partial charge in [-0.15, -0.1) is 5.10 Å². The molecule has 0 bridgehead atoms. The minimum absolute atomic E-state index is 0.461. The Kier molecular flexibility index (Phi) is 5.47. The summed E-state index contributed by atoms with van der Waals surface area (Å²) < 4.78 is 1.68. The van der Waals surface area contributed by atoms with Crippen LogP contribution in [0.1, 0.15) is 23.0 Å². The Morgan fingerprint density at radius 1 is 0.966 bits per heavy atom. The topological polar surface area (TPSA) is 92.9 Å². The van der Waals surface area contributed by atoms with Crippen molar-refractivity contribution in [3.05, 3.63) is 89.7 Å². The number of nitrogens with one attached hydrogen (secondary N) is 1. The Morgan fingerprint density at radius 3 is 2.52 bits per heavy atom. The van der Waals surface area contributed by atoms with Crippen LogP contribution in [0, 0.1) is 0 Å². The number of fused-ring (bicyclic) bond motifs is 1. The van der Waals surface area contributed by atoms with Gasteiger partial charge in [0.05, 0.1) is 6.04 Å². The number of hydrogen-bond acceptors (Lipinski definition) is 4. The summed E-state index contributed by atoms with van der Waals surface area (Å²) in [6, 6.07) is 23.7. The number of amides is 1. The first-order valence-electron chi connectivity index (χ1n) is 9.46. The zero-order valence-electron chi connectivity index (χ0n) is 15.8. The molecular formula is C22H21N5O2. The van der Waals surface area contributed by atoms with Crippen molar-refractivity contribution < 1.29 is 9.90 Å². The average Bonchev–Trinajstić information content (AvgIpc) is 3.21. The first-order chi connectivity index (χ1) is 14.2. The highest BCUT2D eigenvalue weighted by Gasteiger charge is 2.22. The summed E-state index contributed by atoms with van der Waals surface area (Å²) in [4.78, 5) is 11.4. The lowest BCUT2D eigenvalue weighted by Gasteiger charge is -2.17. The molecule has 0 radical (unpaired) electrons.